The molecule has 0 aliphatic carbocycles. The molecule has 0 amide bonds. The van der Waals surface area contributed by atoms with Crippen LogP contribution in [0.2, 0.25) is 5.02 Å². The minimum Gasteiger partial charge on any atom is -0.488 e. The van der Waals surface area contributed by atoms with Crippen molar-refractivity contribution in [3.05, 3.63) is 28.8 Å². The summed E-state index contributed by atoms with van der Waals surface area (Å²) in [5.41, 5.74) is 1.17. The third kappa shape index (κ3) is 3.35. The van der Waals surface area contributed by atoms with Crippen molar-refractivity contribution in [1.29, 1.82) is 0 Å². The van der Waals surface area contributed by atoms with Gasteiger partial charge in [0.2, 0.25) is 0 Å². The maximum atomic E-state index is 9.31. The van der Waals surface area contributed by atoms with Crippen LogP contribution in [0.25, 0.3) is 0 Å². The van der Waals surface area contributed by atoms with E-state index >= 15 is 0 Å². The maximum absolute atomic E-state index is 9.31. The van der Waals surface area contributed by atoms with Crippen molar-refractivity contribution in [1.82, 2.24) is 4.90 Å². The van der Waals surface area contributed by atoms with Gasteiger partial charge in [-0.15, -0.1) is 0 Å². The Kier molecular flexibility index (Phi) is 3.92. The van der Waals surface area contributed by atoms with Crippen molar-refractivity contribution < 1.29 is 9.84 Å². The highest BCUT2D eigenvalue weighted by Gasteiger charge is 2.24. The predicted molar refractivity (Wildman–Crippen MR) is 68.7 cm³/mol. The first-order valence-electron chi connectivity index (χ1n) is 5.86. The molecule has 2 unspecified atom stereocenters. The number of benzene rings is 1. The number of nitrogens with zero attached hydrogens (tertiary/aromatic N) is 1. The van der Waals surface area contributed by atoms with Gasteiger partial charge >= 0.3 is 0 Å². The molecule has 0 radical (unpaired) electrons. The molecule has 1 aliphatic rings. The van der Waals surface area contributed by atoms with Crippen LogP contribution in [0.3, 0.4) is 0 Å². The standard InChI is InChI=1S/C13H18ClNO2/c1-9(16)7-15(2)8-12-6-10-5-11(14)3-4-13(10)17-12/h3-5,9,12,16H,6-8H2,1-2H3. The van der Waals surface area contributed by atoms with Gasteiger partial charge in [-0.3, -0.25) is 0 Å². The van der Waals surface area contributed by atoms with E-state index in [2.05, 4.69) is 4.90 Å². The second-order valence-electron chi connectivity index (χ2n) is 4.77. The van der Waals surface area contributed by atoms with Crippen LogP contribution in [0.4, 0.5) is 0 Å². The monoisotopic (exact) mass is 255 g/mol. The summed E-state index contributed by atoms with van der Waals surface area (Å²) >= 11 is 5.95. The lowest BCUT2D eigenvalue weighted by Crippen LogP contribution is -2.36. The fourth-order valence-corrected chi connectivity index (χ4v) is 2.46. The Labute approximate surface area is 107 Å². The van der Waals surface area contributed by atoms with Crippen LogP contribution in [-0.4, -0.2) is 42.4 Å². The third-order valence-corrected chi connectivity index (χ3v) is 3.09. The molecule has 0 spiro atoms. The summed E-state index contributed by atoms with van der Waals surface area (Å²) < 4.78 is 5.83. The van der Waals surface area contributed by atoms with Crippen molar-refractivity contribution in [2.24, 2.45) is 0 Å². The molecule has 2 rings (SSSR count). The lowest BCUT2D eigenvalue weighted by Gasteiger charge is -2.21. The van der Waals surface area contributed by atoms with E-state index in [9.17, 15) is 5.11 Å². The number of aliphatic hydroxyl groups excluding tert-OH is 1. The Morgan fingerprint density at radius 2 is 2.35 bits per heavy atom. The number of aliphatic hydroxyl groups is 1. The molecule has 0 aromatic heterocycles. The van der Waals surface area contributed by atoms with Crippen LogP contribution in [0.1, 0.15) is 12.5 Å². The molecule has 0 saturated carbocycles. The molecular weight excluding hydrogens is 238 g/mol. The Bertz CT molecular complexity index is 395. The number of halogens is 1. The Balaban J connectivity index is 1.92. The molecule has 4 heteroatoms. The average Bonchev–Trinajstić information content (AvgIpc) is 2.57. The second kappa shape index (κ2) is 5.25. The summed E-state index contributed by atoms with van der Waals surface area (Å²) in [4.78, 5) is 2.09. The van der Waals surface area contributed by atoms with Crippen LogP contribution < -0.4 is 4.74 Å². The first-order chi connectivity index (χ1) is 8.04. The Morgan fingerprint density at radius 3 is 3.06 bits per heavy atom. The van der Waals surface area contributed by atoms with Crippen molar-refractivity contribution in [2.45, 2.75) is 25.6 Å². The van der Waals surface area contributed by atoms with E-state index in [0.717, 1.165) is 23.7 Å². The molecule has 1 aromatic carbocycles. The molecule has 1 N–H and O–H groups in total. The van der Waals surface area contributed by atoms with E-state index in [4.69, 9.17) is 16.3 Å². The van der Waals surface area contributed by atoms with Crippen LogP contribution in [0.5, 0.6) is 5.75 Å². The molecule has 0 fully saturated rings. The highest BCUT2D eigenvalue weighted by molar-refractivity contribution is 6.30. The van der Waals surface area contributed by atoms with Gasteiger partial charge in [-0.05, 0) is 37.7 Å². The molecule has 17 heavy (non-hydrogen) atoms. The first kappa shape index (κ1) is 12.7. The lowest BCUT2D eigenvalue weighted by atomic mass is 10.1. The summed E-state index contributed by atoms with van der Waals surface area (Å²) in [5.74, 6) is 0.935. The van der Waals surface area contributed by atoms with Gasteiger partial charge in [-0.25, -0.2) is 0 Å². The van der Waals surface area contributed by atoms with Crippen molar-refractivity contribution in [3.8, 4) is 5.75 Å². The maximum Gasteiger partial charge on any atom is 0.123 e. The molecule has 0 saturated heterocycles. The highest BCUT2D eigenvalue weighted by atomic mass is 35.5. The van der Waals surface area contributed by atoms with Crippen LogP contribution in [-0.2, 0) is 6.42 Å². The molecule has 0 bridgehead atoms. The van der Waals surface area contributed by atoms with Gasteiger partial charge in [0.1, 0.15) is 11.9 Å². The number of fused-ring (bicyclic) bond motifs is 1. The molecular formula is C13H18ClNO2. The lowest BCUT2D eigenvalue weighted by molar-refractivity contribution is 0.110. The SMILES string of the molecule is CC(O)CN(C)CC1Cc2cc(Cl)ccc2O1. The van der Waals surface area contributed by atoms with Gasteiger partial charge in [0.05, 0.1) is 6.10 Å². The van der Waals surface area contributed by atoms with Crippen molar-refractivity contribution >= 4 is 11.6 Å². The van der Waals surface area contributed by atoms with E-state index in [0.29, 0.717) is 6.54 Å². The van der Waals surface area contributed by atoms with Crippen molar-refractivity contribution in [2.75, 3.05) is 20.1 Å². The van der Waals surface area contributed by atoms with Gasteiger partial charge in [-0.1, -0.05) is 11.6 Å². The summed E-state index contributed by atoms with van der Waals surface area (Å²) in [6.45, 7) is 3.27. The van der Waals surface area contributed by atoms with E-state index in [1.165, 1.54) is 5.56 Å². The van der Waals surface area contributed by atoms with E-state index in [1.807, 2.05) is 25.2 Å². The summed E-state index contributed by atoms with van der Waals surface area (Å²) in [7, 11) is 1.99. The number of ether oxygens (including phenoxy) is 1. The number of hydrogen-bond donors (Lipinski definition) is 1. The highest BCUT2D eigenvalue weighted by Crippen LogP contribution is 2.31. The minimum absolute atomic E-state index is 0.159. The summed E-state index contributed by atoms with van der Waals surface area (Å²) in [6.07, 6.45) is 0.741. The fourth-order valence-electron chi connectivity index (χ4n) is 2.26. The Morgan fingerprint density at radius 1 is 1.59 bits per heavy atom. The predicted octanol–water partition coefficient (Wildman–Crippen LogP) is 1.96. The van der Waals surface area contributed by atoms with Gasteiger partial charge in [0.15, 0.2) is 0 Å². The fraction of sp³-hybridized carbons (Fsp3) is 0.538. The van der Waals surface area contributed by atoms with E-state index in [1.54, 1.807) is 6.92 Å². The minimum atomic E-state index is -0.307. The normalized spacial score (nSPS) is 20.2. The second-order valence-corrected chi connectivity index (χ2v) is 5.20. The zero-order valence-electron chi connectivity index (χ0n) is 10.2. The van der Waals surface area contributed by atoms with Gasteiger partial charge in [-0.2, -0.15) is 0 Å². The third-order valence-electron chi connectivity index (χ3n) is 2.85. The number of rotatable bonds is 4. The van der Waals surface area contributed by atoms with E-state index < -0.39 is 0 Å². The Hall–Kier alpha value is -0.770. The van der Waals surface area contributed by atoms with Crippen LogP contribution in [0, 0.1) is 0 Å². The zero-order chi connectivity index (χ0) is 12.4. The molecule has 3 nitrogen and oxygen atoms in total. The molecule has 94 valence electrons. The molecule has 1 heterocycles. The summed E-state index contributed by atoms with van der Waals surface area (Å²) in [6, 6.07) is 5.74. The van der Waals surface area contributed by atoms with Crippen LogP contribution >= 0.6 is 11.6 Å². The molecule has 2 atom stereocenters. The van der Waals surface area contributed by atoms with Gasteiger partial charge in [0.25, 0.3) is 0 Å². The average molecular weight is 256 g/mol. The number of hydrogen-bond acceptors (Lipinski definition) is 3. The van der Waals surface area contributed by atoms with E-state index in [-0.39, 0.29) is 12.2 Å². The smallest absolute Gasteiger partial charge is 0.123 e. The summed E-state index contributed by atoms with van der Waals surface area (Å²) in [5, 5.41) is 10.1. The quantitative estimate of drug-likeness (QED) is 0.893. The first-order valence-corrected chi connectivity index (χ1v) is 6.24. The van der Waals surface area contributed by atoms with Gasteiger partial charge < -0.3 is 14.7 Å². The molecule has 1 aromatic rings. The van der Waals surface area contributed by atoms with Crippen LogP contribution in [0.15, 0.2) is 18.2 Å². The number of likely N-dealkylation sites (N-methyl/N-ethyl adjacent to an activating group) is 1. The largest absolute Gasteiger partial charge is 0.488 e. The molecule has 1 aliphatic heterocycles. The van der Waals surface area contributed by atoms with Gasteiger partial charge in [0, 0.05) is 24.5 Å². The zero-order valence-corrected chi connectivity index (χ0v) is 10.9. The van der Waals surface area contributed by atoms with Crippen molar-refractivity contribution in [3.63, 3.8) is 0 Å². The topological polar surface area (TPSA) is 32.7 Å².